The molecule has 613 valence electrons. The monoisotopic (exact) mass is 1990 g/mol. The average Bonchev–Trinajstić information content (AvgIpc) is 1.63. The summed E-state index contributed by atoms with van der Waals surface area (Å²) in [6.45, 7) is 10.4. The first-order valence-corrected chi connectivity index (χ1v) is 41.5. The van der Waals surface area contributed by atoms with E-state index in [1.54, 1.807) is 17.5 Å². The van der Waals surface area contributed by atoms with Crippen LogP contribution in [-0.2, 0) is 40.2 Å². The topological polar surface area (TPSA) is 90.6 Å². The van der Waals surface area contributed by atoms with Gasteiger partial charge in [-0.25, -0.2) is 0 Å². The van der Waals surface area contributed by atoms with Crippen molar-refractivity contribution in [2.24, 2.45) is 0 Å². The Morgan fingerprint density at radius 2 is 0.592 bits per heavy atom. The van der Waals surface area contributed by atoms with E-state index in [0.29, 0.717) is 0 Å². The number of benzene rings is 15. The third-order valence-corrected chi connectivity index (χ3v) is 21.6. The molecule has 20 aromatic rings. The fraction of sp³-hybridized carbons (Fsp3) is 0.0450. The van der Waals surface area contributed by atoms with Gasteiger partial charge in [0.1, 0.15) is 0 Å². The minimum atomic E-state index is 0. The quantitative estimate of drug-likeness (QED) is 0.100. The Morgan fingerprint density at radius 1 is 0.296 bits per heavy atom. The Morgan fingerprint density at radius 3 is 0.920 bits per heavy atom. The summed E-state index contributed by atoms with van der Waals surface area (Å²) in [6.07, 6.45) is 9.64. The molecule has 6 heterocycles. The molecule has 1 aliphatic rings. The van der Waals surface area contributed by atoms with E-state index in [2.05, 4.69) is 327 Å². The molecule has 0 N–H and O–H groups in total. The molecule has 0 bridgehead atoms. The molecule has 14 heteroatoms. The largest absolute Gasteiger partial charge is 3.00 e. The predicted octanol–water partition coefficient (Wildman–Crippen LogP) is 27.1. The van der Waals surface area contributed by atoms with Crippen LogP contribution in [-0.4, -0.2) is 51.2 Å². The molecule has 0 spiro atoms. The van der Waals surface area contributed by atoms with Crippen molar-refractivity contribution in [3.63, 3.8) is 0 Å². The molecule has 0 aliphatic carbocycles. The van der Waals surface area contributed by atoms with E-state index in [1.165, 1.54) is 78.1 Å². The van der Waals surface area contributed by atoms with E-state index in [-0.39, 0.29) is 40.2 Å². The van der Waals surface area contributed by atoms with Gasteiger partial charge < -0.3 is 9.80 Å². The van der Waals surface area contributed by atoms with Gasteiger partial charge in [-0.3, -0.25) is 23.7 Å². The zero-order chi connectivity index (χ0) is 83.9. The Hall–Kier alpha value is -14.3. The number of para-hydroxylation sites is 7. The fourth-order valence-electron chi connectivity index (χ4n) is 14.6. The summed E-state index contributed by atoms with van der Waals surface area (Å²) in [6, 6.07) is 151. The van der Waals surface area contributed by atoms with Crippen molar-refractivity contribution in [2.75, 3.05) is 16.8 Å². The predicted molar refractivity (Wildman–Crippen MR) is 505 cm³/mol. The van der Waals surface area contributed by atoms with Crippen molar-refractivity contribution in [2.45, 2.75) is 27.7 Å². The van der Waals surface area contributed by atoms with Crippen LogP contribution in [0.2, 0.25) is 0 Å². The number of thiazole rings is 1. The van der Waals surface area contributed by atoms with Crippen molar-refractivity contribution < 1.29 is 40.2 Å². The van der Waals surface area contributed by atoms with Crippen molar-refractivity contribution in [1.29, 1.82) is 0 Å². The van der Waals surface area contributed by atoms with Crippen molar-refractivity contribution in [1.82, 2.24) is 44.1 Å². The molecule has 1 aliphatic heterocycles. The normalized spacial score (nSPS) is 10.9. The maximum Gasteiger partial charge on any atom is 3.00 e. The number of aryl methyl sites for hydroxylation is 2. The minimum absolute atomic E-state index is 0. The summed E-state index contributed by atoms with van der Waals surface area (Å²) >= 11 is 1.63. The van der Waals surface area contributed by atoms with Crippen molar-refractivity contribution >= 4 is 28.4 Å². The summed E-state index contributed by atoms with van der Waals surface area (Å²) in [5, 5.41) is 21.3. The van der Waals surface area contributed by atoms with E-state index in [9.17, 15) is 0 Å². The molecule has 0 saturated carbocycles. The van der Waals surface area contributed by atoms with Crippen LogP contribution < -0.4 is 9.80 Å². The second-order valence-corrected chi connectivity index (χ2v) is 29.9. The second kappa shape index (κ2) is 42.9. The van der Waals surface area contributed by atoms with Gasteiger partial charge in [0, 0.05) is 94.1 Å². The summed E-state index contributed by atoms with van der Waals surface area (Å²) in [5.74, 6) is 0. The molecule has 15 aromatic carbocycles. The van der Waals surface area contributed by atoms with E-state index in [1.807, 2.05) is 213 Å². The first kappa shape index (κ1) is 87.0. The van der Waals surface area contributed by atoms with E-state index in [0.717, 1.165) is 84.0 Å². The summed E-state index contributed by atoms with van der Waals surface area (Å²) in [4.78, 5) is 8.44. The van der Waals surface area contributed by atoms with Crippen molar-refractivity contribution in [3.05, 3.63) is 490 Å². The molecule has 0 unspecified atom stereocenters. The van der Waals surface area contributed by atoms with E-state index >= 15 is 0 Å². The van der Waals surface area contributed by atoms with E-state index in [4.69, 9.17) is 10.2 Å². The molecular formula is C111H86Ir2N11S-4. The van der Waals surface area contributed by atoms with Crippen LogP contribution in [0.15, 0.2) is 425 Å². The number of aromatic nitrogens is 9. The van der Waals surface area contributed by atoms with Gasteiger partial charge in [-0.05, 0) is 136 Å². The number of rotatable bonds is 14. The molecule has 0 fully saturated rings. The van der Waals surface area contributed by atoms with Crippen LogP contribution in [0.5, 0.6) is 0 Å². The molecule has 21 rings (SSSR count). The Bertz CT molecular complexity index is 6300. The fourth-order valence-corrected chi connectivity index (χ4v) is 15.3. The van der Waals surface area contributed by atoms with Gasteiger partial charge in [0.15, 0.2) is 0 Å². The molecule has 0 saturated heterocycles. The van der Waals surface area contributed by atoms with Crippen molar-refractivity contribution in [3.8, 4) is 122 Å². The standard InChI is InChI=1S/2C23H19N2.2C21H15N2.C14H12N2.C9H6NS.2Ir/c2*1-17-23(18(2)25(24-17)22-11-7-4-8-12-22)21-15-13-20(14-16-21)19-9-5-3-6-10-19;2*1-3-7-17(8-4-1)18-11-13-19(14-12-18)20-15-22-23(16-20)21-9-5-2-6-10-21;1-15-11-16(12-7-3-2-4-8-12)14-10-6-5-9-13(14)15;1-2-4-8(5-3-1)9-10-6-7-11-9;;/h2*3-11,13-16H,1-2H3;2*1-9,11-16H;2-7,9-11H,1H3;1-4,6-7H;;/q4*-1;-2;-1;;+3. The van der Waals surface area contributed by atoms with Crippen LogP contribution in [0.4, 0.5) is 17.1 Å². The summed E-state index contributed by atoms with van der Waals surface area (Å²) < 4.78 is 7.63. The van der Waals surface area contributed by atoms with Crippen LogP contribution in [0.1, 0.15) is 22.8 Å². The molecule has 0 amide bonds. The number of anilines is 3. The molecule has 125 heavy (non-hydrogen) atoms. The number of fused-ring (bicyclic) bond motifs is 1. The van der Waals surface area contributed by atoms with Crippen LogP contribution >= 0.6 is 11.3 Å². The van der Waals surface area contributed by atoms with Gasteiger partial charge >= 0.3 is 20.1 Å². The van der Waals surface area contributed by atoms with Gasteiger partial charge in [0.05, 0.1) is 23.8 Å². The van der Waals surface area contributed by atoms with Gasteiger partial charge in [-0.15, -0.1) is 65.8 Å². The smallest absolute Gasteiger partial charge is 0.504 e. The zero-order valence-corrected chi connectivity index (χ0v) is 75.1. The molecule has 0 atom stereocenters. The zero-order valence-electron chi connectivity index (χ0n) is 69.5. The van der Waals surface area contributed by atoms with Gasteiger partial charge in [0.2, 0.25) is 0 Å². The molecule has 5 aromatic heterocycles. The van der Waals surface area contributed by atoms with E-state index < -0.39 is 0 Å². The molecular weight excluding hydrogens is 1900 g/mol. The van der Waals surface area contributed by atoms with Crippen LogP contribution in [0.25, 0.3) is 122 Å². The first-order chi connectivity index (χ1) is 60.6. The SMILES string of the molecule is CN1[CH-]N(c2[c-]cccc2)c2ccccc21.Cc1nn(-c2[c-]cccc2)c(C)c1-c1ccc(-c2ccccc2)cc1.Cc1nn(-c2[c-]cccc2)c(C)c1-c1ccc(-c2ccccc2)cc1.[Ir+3].[Ir].[c-]1ccccc1-c1nccs1.[c-]1ccccc1-n1cc(-c2ccc(-c3ccccc3)cc2)cn1.[c-]1ccccc1-n1cc(-c2ccc(-c3ccccc3)cc2)cn1. The Kier molecular flexibility index (Phi) is 29.9. The minimum Gasteiger partial charge on any atom is -0.504 e. The maximum atomic E-state index is 4.72. The van der Waals surface area contributed by atoms with Gasteiger partial charge in [0.25, 0.3) is 0 Å². The number of nitrogens with zero attached hydrogens (tertiary/aromatic N) is 11. The molecule has 11 nitrogen and oxygen atoms in total. The third-order valence-electron chi connectivity index (χ3n) is 20.8. The molecule has 1 radical (unpaired) electrons. The number of hydrogen-bond acceptors (Lipinski definition) is 8. The number of hydrogen-bond donors (Lipinski definition) is 0. The van der Waals surface area contributed by atoms with Crippen LogP contribution in [0, 0.1) is 70.8 Å². The second-order valence-electron chi connectivity index (χ2n) is 29.0. The average molecular weight is 1990 g/mol. The van der Waals surface area contributed by atoms with Gasteiger partial charge in [-0.2, -0.15) is 166 Å². The van der Waals surface area contributed by atoms with Crippen LogP contribution in [0.3, 0.4) is 0 Å². The van der Waals surface area contributed by atoms with Gasteiger partial charge in [-0.1, -0.05) is 231 Å². The maximum absolute atomic E-state index is 4.72. The first-order valence-electron chi connectivity index (χ1n) is 40.6. The third kappa shape index (κ3) is 21.8. The Balaban J connectivity index is 0.000000123. The summed E-state index contributed by atoms with van der Waals surface area (Å²) in [7, 11) is 2.06. The Labute approximate surface area is 763 Å². The summed E-state index contributed by atoms with van der Waals surface area (Å²) in [5.41, 5.74) is 31.8.